The SMILES string of the molecule is C=CCOc1ccc(/C=C/C(=O)OCC(=O)NC(C)=O)cc1. The van der Waals surface area contributed by atoms with Gasteiger partial charge in [-0.1, -0.05) is 24.8 Å². The largest absolute Gasteiger partial charge is 0.490 e. The van der Waals surface area contributed by atoms with E-state index in [9.17, 15) is 14.4 Å². The van der Waals surface area contributed by atoms with Crippen LogP contribution in [0.25, 0.3) is 6.08 Å². The van der Waals surface area contributed by atoms with E-state index in [0.29, 0.717) is 12.4 Å². The molecule has 0 saturated carbocycles. The van der Waals surface area contributed by atoms with E-state index in [1.807, 2.05) is 5.32 Å². The molecule has 0 spiro atoms. The van der Waals surface area contributed by atoms with Gasteiger partial charge in [-0.15, -0.1) is 0 Å². The lowest BCUT2D eigenvalue weighted by Gasteiger charge is -2.03. The number of carbonyl (C=O) groups excluding carboxylic acids is 3. The highest BCUT2D eigenvalue weighted by atomic mass is 16.5. The smallest absolute Gasteiger partial charge is 0.331 e. The van der Waals surface area contributed by atoms with Crippen LogP contribution < -0.4 is 10.1 Å². The van der Waals surface area contributed by atoms with Crippen LogP contribution in [0.15, 0.2) is 43.0 Å². The first-order chi connectivity index (χ1) is 10.5. The maximum Gasteiger partial charge on any atom is 0.331 e. The van der Waals surface area contributed by atoms with Gasteiger partial charge in [-0.2, -0.15) is 0 Å². The number of nitrogens with one attached hydrogen (secondary N) is 1. The Morgan fingerprint density at radius 3 is 2.50 bits per heavy atom. The second-order valence-electron chi connectivity index (χ2n) is 4.21. The molecule has 0 aliphatic carbocycles. The minimum atomic E-state index is -0.675. The van der Waals surface area contributed by atoms with E-state index in [4.69, 9.17) is 4.74 Å². The monoisotopic (exact) mass is 303 g/mol. The number of hydrogen-bond donors (Lipinski definition) is 1. The molecule has 0 aliphatic rings. The molecule has 0 bridgehead atoms. The molecule has 0 heterocycles. The lowest BCUT2D eigenvalue weighted by molar-refractivity contribution is -0.145. The van der Waals surface area contributed by atoms with Gasteiger partial charge in [-0.3, -0.25) is 14.9 Å². The molecule has 0 saturated heterocycles. The maximum absolute atomic E-state index is 11.4. The van der Waals surface area contributed by atoms with Crippen molar-refractivity contribution in [1.29, 1.82) is 0 Å². The fraction of sp³-hybridized carbons (Fsp3) is 0.188. The van der Waals surface area contributed by atoms with Gasteiger partial charge >= 0.3 is 5.97 Å². The van der Waals surface area contributed by atoms with Crippen molar-refractivity contribution >= 4 is 23.9 Å². The van der Waals surface area contributed by atoms with Crippen LogP contribution in [0.1, 0.15) is 12.5 Å². The van der Waals surface area contributed by atoms with Crippen LogP contribution in [0.5, 0.6) is 5.75 Å². The van der Waals surface area contributed by atoms with Crippen molar-refractivity contribution in [3.8, 4) is 5.75 Å². The third kappa shape index (κ3) is 7.04. The summed E-state index contributed by atoms with van der Waals surface area (Å²) in [7, 11) is 0. The Hall–Kier alpha value is -2.89. The Morgan fingerprint density at radius 2 is 1.91 bits per heavy atom. The lowest BCUT2D eigenvalue weighted by Crippen LogP contribution is -2.32. The molecule has 1 rings (SSSR count). The van der Waals surface area contributed by atoms with Crippen molar-refractivity contribution in [3.63, 3.8) is 0 Å². The summed E-state index contributed by atoms with van der Waals surface area (Å²) >= 11 is 0. The molecule has 0 atom stereocenters. The number of ether oxygens (including phenoxy) is 2. The summed E-state index contributed by atoms with van der Waals surface area (Å²) < 4.78 is 10.0. The topological polar surface area (TPSA) is 81.7 Å². The lowest BCUT2D eigenvalue weighted by atomic mass is 10.2. The van der Waals surface area contributed by atoms with Crippen LogP contribution in [0, 0.1) is 0 Å². The average Bonchev–Trinajstić information content (AvgIpc) is 2.49. The number of rotatable bonds is 7. The Morgan fingerprint density at radius 1 is 1.23 bits per heavy atom. The van der Waals surface area contributed by atoms with Gasteiger partial charge < -0.3 is 9.47 Å². The van der Waals surface area contributed by atoms with E-state index < -0.39 is 24.4 Å². The predicted molar refractivity (Wildman–Crippen MR) is 81.0 cm³/mol. The molecule has 0 aliphatic heterocycles. The first kappa shape index (κ1) is 17.2. The number of amides is 2. The van der Waals surface area contributed by atoms with Gasteiger partial charge in [0.25, 0.3) is 5.91 Å². The highest BCUT2D eigenvalue weighted by Gasteiger charge is 2.06. The molecule has 0 unspecified atom stereocenters. The number of benzene rings is 1. The van der Waals surface area contributed by atoms with Crippen LogP contribution in [0.2, 0.25) is 0 Å². The van der Waals surface area contributed by atoms with Gasteiger partial charge in [0.2, 0.25) is 5.91 Å². The first-order valence-corrected chi connectivity index (χ1v) is 6.50. The number of hydrogen-bond acceptors (Lipinski definition) is 5. The quantitative estimate of drug-likeness (QED) is 0.468. The van der Waals surface area contributed by atoms with Gasteiger partial charge in [0.15, 0.2) is 6.61 Å². The summed E-state index contributed by atoms with van der Waals surface area (Å²) in [5, 5.41) is 1.99. The Labute approximate surface area is 128 Å². The van der Waals surface area contributed by atoms with Gasteiger partial charge in [-0.05, 0) is 23.8 Å². The summed E-state index contributed by atoms with van der Waals surface area (Å²) in [6.07, 6.45) is 4.38. The normalized spacial score (nSPS) is 10.0. The molecule has 0 radical (unpaired) electrons. The third-order valence-electron chi connectivity index (χ3n) is 2.32. The standard InChI is InChI=1S/C16H17NO5/c1-3-10-21-14-7-4-13(5-8-14)6-9-16(20)22-11-15(19)17-12(2)18/h3-9H,1,10-11H2,2H3,(H,17,18,19)/b9-6+. The van der Waals surface area contributed by atoms with E-state index in [1.165, 1.54) is 13.0 Å². The Bertz CT molecular complexity index is 575. The number of carbonyl (C=O) groups is 3. The predicted octanol–water partition coefficient (Wildman–Crippen LogP) is 1.47. The van der Waals surface area contributed by atoms with E-state index in [2.05, 4.69) is 11.3 Å². The van der Waals surface area contributed by atoms with Crippen LogP contribution in [0.3, 0.4) is 0 Å². The van der Waals surface area contributed by atoms with Crippen molar-refractivity contribution in [3.05, 3.63) is 48.6 Å². The van der Waals surface area contributed by atoms with Crippen LogP contribution in [-0.2, 0) is 19.1 Å². The molecular weight excluding hydrogens is 286 g/mol. The number of esters is 1. The highest BCUT2D eigenvalue weighted by molar-refractivity contribution is 5.96. The van der Waals surface area contributed by atoms with Crippen molar-refractivity contribution in [2.24, 2.45) is 0 Å². The summed E-state index contributed by atoms with van der Waals surface area (Å²) in [5.74, 6) is -1.15. The molecule has 6 nitrogen and oxygen atoms in total. The van der Waals surface area contributed by atoms with E-state index >= 15 is 0 Å². The van der Waals surface area contributed by atoms with Crippen LogP contribution in [-0.4, -0.2) is 31.0 Å². The molecule has 2 amide bonds. The first-order valence-electron chi connectivity index (χ1n) is 6.50. The minimum absolute atomic E-state index is 0.420. The van der Waals surface area contributed by atoms with Crippen LogP contribution >= 0.6 is 0 Å². The maximum atomic E-state index is 11.4. The fourth-order valence-corrected chi connectivity index (χ4v) is 1.41. The van der Waals surface area contributed by atoms with E-state index in [1.54, 1.807) is 36.4 Å². The molecule has 0 fully saturated rings. The minimum Gasteiger partial charge on any atom is -0.490 e. The zero-order valence-corrected chi connectivity index (χ0v) is 12.2. The van der Waals surface area contributed by atoms with Crippen molar-refractivity contribution in [1.82, 2.24) is 5.32 Å². The summed E-state index contributed by atoms with van der Waals surface area (Å²) in [6, 6.07) is 7.05. The molecule has 0 aromatic heterocycles. The van der Waals surface area contributed by atoms with E-state index in [0.717, 1.165) is 5.56 Å². The second kappa shape index (κ2) is 9.12. The number of imide groups is 1. The third-order valence-corrected chi connectivity index (χ3v) is 2.32. The Kier molecular flexibility index (Phi) is 7.12. The average molecular weight is 303 g/mol. The van der Waals surface area contributed by atoms with Gasteiger partial charge in [0.05, 0.1) is 0 Å². The zero-order chi connectivity index (χ0) is 16.4. The van der Waals surface area contributed by atoms with Crippen molar-refractivity contribution in [2.75, 3.05) is 13.2 Å². The molecule has 22 heavy (non-hydrogen) atoms. The van der Waals surface area contributed by atoms with Crippen molar-refractivity contribution in [2.45, 2.75) is 6.92 Å². The Balaban J connectivity index is 2.43. The van der Waals surface area contributed by atoms with Gasteiger partial charge in [0, 0.05) is 13.0 Å². The molecule has 1 aromatic rings. The highest BCUT2D eigenvalue weighted by Crippen LogP contribution is 2.13. The molecular formula is C16H17NO5. The zero-order valence-electron chi connectivity index (χ0n) is 12.2. The van der Waals surface area contributed by atoms with Crippen LogP contribution in [0.4, 0.5) is 0 Å². The van der Waals surface area contributed by atoms with E-state index in [-0.39, 0.29) is 0 Å². The molecule has 1 aromatic carbocycles. The summed E-state index contributed by atoms with van der Waals surface area (Å²) in [4.78, 5) is 33.1. The van der Waals surface area contributed by atoms with Crippen molar-refractivity contribution < 1.29 is 23.9 Å². The summed E-state index contributed by atoms with van der Waals surface area (Å²) in [6.45, 7) is 4.67. The molecule has 116 valence electrons. The fourth-order valence-electron chi connectivity index (χ4n) is 1.41. The summed E-state index contributed by atoms with van der Waals surface area (Å²) in [5.41, 5.74) is 0.774. The van der Waals surface area contributed by atoms with Gasteiger partial charge in [-0.25, -0.2) is 4.79 Å². The molecule has 1 N–H and O–H groups in total. The van der Waals surface area contributed by atoms with Gasteiger partial charge in [0.1, 0.15) is 12.4 Å². The molecule has 6 heteroatoms. The second-order valence-corrected chi connectivity index (χ2v) is 4.21.